The maximum atomic E-state index is 12.4. The van der Waals surface area contributed by atoms with Crippen LogP contribution in [0.2, 0.25) is 0 Å². The molecule has 2 amide bonds. The Morgan fingerprint density at radius 2 is 1.70 bits per heavy atom. The van der Waals surface area contributed by atoms with Crippen LogP contribution in [0.5, 0.6) is 0 Å². The Balaban J connectivity index is 1.83. The predicted octanol–water partition coefficient (Wildman–Crippen LogP) is 3.59. The first kappa shape index (κ1) is 21.1. The molecule has 2 rings (SSSR count). The lowest BCUT2D eigenvalue weighted by Gasteiger charge is -2.20. The van der Waals surface area contributed by atoms with E-state index in [0.29, 0.717) is 13.1 Å². The Hall–Kier alpha value is -2.18. The highest BCUT2D eigenvalue weighted by Gasteiger charge is 2.15. The van der Waals surface area contributed by atoms with Gasteiger partial charge < -0.3 is 10.6 Å². The van der Waals surface area contributed by atoms with E-state index in [0.717, 1.165) is 29.0 Å². The van der Waals surface area contributed by atoms with Gasteiger partial charge in [-0.2, -0.15) is 0 Å². The predicted molar refractivity (Wildman–Crippen MR) is 112 cm³/mol. The highest BCUT2D eigenvalue weighted by molar-refractivity contribution is 7.11. The fourth-order valence-corrected chi connectivity index (χ4v) is 3.69. The van der Waals surface area contributed by atoms with Gasteiger partial charge in [-0.05, 0) is 50.1 Å². The number of aryl methyl sites for hydroxylation is 2. The standard InChI is InChI=1S/C21H29N3O2S/c1-4-12-24(15-21(26)23-19-9-7-6-8-16(19)3)14-20(25)22-13-18-11-10-17(5-2)27-18/h6-11H,4-5,12-15H2,1-3H3,(H,22,25)(H,23,26). The van der Waals surface area contributed by atoms with E-state index in [1.54, 1.807) is 11.3 Å². The topological polar surface area (TPSA) is 61.4 Å². The lowest BCUT2D eigenvalue weighted by atomic mass is 10.2. The molecule has 0 aliphatic heterocycles. The second-order valence-corrected chi connectivity index (χ2v) is 7.82. The molecule has 0 atom stereocenters. The van der Waals surface area contributed by atoms with Gasteiger partial charge in [0.25, 0.3) is 0 Å². The van der Waals surface area contributed by atoms with Crippen molar-refractivity contribution in [3.05, 3.63) is 51.7 Å². The summed E-state index contributed by atoms with van der Waals surface area (Å²) in [7, 11) is 0. The summed E-state index contributed by atoms with van der Waals surface area (Å²) >= 11 is 1.72. The molecule has 0 fully saturated rings. The first-order valence-electron chi connectivity index (χ1n) is 9.44. The van der Waals surface area contributed by atoms with Gasteiger partial charge in [-0.15, -0.1) is 11.3 Å². The molecule has 27 heavy (non-hydrogen) atoms. The van der Waals surface area contributed by atoms with E-state index in [9.17, 15) is 9.59 Å². The number of nitrogens with one attached hydrogen (secondary N) is 2. The van der Waals surface area contributed by atoms with Gasteiger partial charge in [0.2, 0.25) is 11.8 Å². The molecule has 6 heteroatoms. The molecule has 0 unspecified atom stereocenters. The number of anilines is 1. The van der Waals surface area contributed by atoms with E-state index in [-0.39, 0.29) is 24.9 Å². The van der Waals surface area contributed by atoms with Crippen LogP contribution in [0.4, 0.5) is 5.69 Å². The fraction of sp³-hybridized carbons (Fsp3) is 0.429. The zero-order valence-electron chi connectivity index (χ0n) is 16.4. The number of hydrogen-bond acceptors (Lipinski definition) is 4. The molecule has 0 bridgehead atoms. The number of carbonyl (C=O) groups excluding carboxylic acids is 2. The van der Waals surface area contributed by atoms with Crippen molar-refractivity contribution in [3.63, 3.8) is 0 Å². The molecule has 2 aromatic rings. The fourth-order valence-electron chi connectivity index (χ4n) is 2.79. The third-order valence-electron chi connectivity index (χ3n) is 4.22. The van der Waals surface area contributed by atoms with Crippen molar-refractivity contribution in [2.24, 2.45) is 0 Å². The van der Waals surface area contributed by atoms with Crippen LogP contribution >= 0.6 is 11.3 Å². The first-order valence-corrected chi connectivity index (χ1v) is 10.3. The van der Waals surface area contributed by atoms with Gasteiger partial charge in [-0.25, -0.2) is 0 Å². The summed E-state index contributed by atoms with van der Waals surface area (Å²) in [5, 5.41) is 5.88. The Morgan fingerprint density at radius 3 is 2.37 bits per heavy atom. The van der Waals surface area contributed by atoms with Gasteiger partial charge >= 0.3 is 0 Å². The van der Waals surface area contributed by atoms with Gasteiger partial charge in [-0.3, -0.25) is 14.5 Å². The van der Waals surface area contributed by atoms with E-state index in [1.807, 2.05) is 43.0 Å². The highest BCUT2D eigenvalue weighted by Crippen LogP contribution is 2.16. The van der Waals surface area contributed by atoms with E-state index in [2.05, 4.69) is 29.7 Å². The number of carbonyl (C=O) groups is 2. The second-order valence-electron chi connectivity index (χ2n) is 6.57. The molecule has 0 spiro atoms. The van der Waals surface area contributed by atoms with Crippen molar-refractivity contribution >= 4 is 28.8 Å². The molecule has 5 nitrogen and oxygen atoms in total. The summed E-state index contributed by atoms with van der Waals surface area (Å²) in [6, 6.07) is 11.8. The third-order valence-corrected chi connectivity index (χ3v) is 5.45. The minimum Gasteiger partial charge on any atom is -0.350 e. The Bertz CT molecular complexity index is 757. The third kappa shape index (κ3) is 7.15. The maximum absolute atomic E-state index is 12.4. The summed E-state index contributed by atoms with van der Waals surface area (Å²) in [5.41, 5.74) is 1.83. The van der Waals surface area contributed by atoms with Crippen LogP contribution in [0.3, 0.4) is 0 Å². The van der Waals surface area contributed by atoms with Crippen molar-refractivity contribution in [1.82, 2.24) is 10.2 Å². The molecular weight excluding hydrogens is 358 g/mol. The lowest BCUT2D eigenvalue weighted by molar-refractivity contribution is -0.123. The van der Waals surface area contributed by atoms with Crippen LogP contribution < -0.4 is 10.6 Å². The maximum Gasteiger partial charge on any atom is 0.238 e. The van der Waals surface area contributed by atoms with Gasteiger partial charge in [-0.1, -0.05) is 32.0 Å². The Morgan fingerprint density at radius 1 is 1.00 bits per heavy atom. The van der Waals surface area contributed by atoms with Crippen molar-refractivity contribution in [1.29, 1.82) is 0 Å². The Labute approximate surface area is 165 Å². The molecule has 1 aromatic heterocycles. The summed E-state index contributed by atoms with van der Waals surface area (Å²) in [4.78, 5) is 29.0. The quantitative estimate of drug-likeness (QED) is 0.655. The molecular formula is C21H29N3O2S. The molecule has 2 N–H and O–H groups in total. The zero-order chi connectivity index (χ0) is 19.6. The lowest BCUT2D eigenvalue weighted by Crippen LogP contribution is -2.41. The number of benzene rings is 1. The SMILES string of the molecule is CCCN(CC(=O)NCc1ccc(CC)s1)CC(=O)Nc1ccccc1C. The summed E-state index contributed by atoms with van der Waals surface area (Å²) in [6.07, 6.45) is 1.90. The molecule has 0 saturated heterocycles. The van der Waals surface area contributed by atoms with Crippen LogP contribution in [-0.2, 0) is 22.6 Å². The van der Waals surface area contributed by atoms with Crippen LogP contribution in [0.25, 0.3) is 0 Å². The Kier molecular flexibility index (Phi) is 8.48. The largest absolute Gasteiger partial charge is 0.350 e. The van der Waals surface area contributed by atoms with Crippen molar-refractivity contribution in [2.75, 3.05) is 25.0 Å². The van der Waals surface area contributed by atoms with Crippen LogP contribution in [-0.4, -0.2) is 36.3 Å². The van der Waals surface area contributed by atoms with Gasteiger partial charge in [0.05, 0.1) is 19.6 Å². The van der Waals surface area contributed by atoms with Crippen LogP contribution in [0, 0.1) is 6.92 Å². The van der Waals surface area contributed by atoms with Crippen LogP contribution in [0.1, 0.15) is 35.6 Å². The minimum absolute atomic E-state index is 0.0569. The number of hydrogen-bond donors (Lipinski definition) is 2. The van der Waals surface area contributed by atoms with E-state index in [4.69, 9.17) is 0 Å². The average molecular weight is 388 g/mol. The first-order chi connectivity index (χ1) is 13.0. The van der Waals surface area contributed by atoms with E-state index >= 15 is 0 Å². The normalized spacial score (nSPS) is 10.8. The molecule has 0 aliphatic rings. The monoisotopic (exact) mass is 387 g/mol. The van der Waals surface area contributed by atoms with Gasteiger partial charge in [0.15, 0.2) is 0 Å². The summed E-state index contributed by atoms with van der Waals surface area (Å²) in [5.74, 6) is -0.157. The number of amides is 2. The van der Waals surface area contributed by atoms with Crippen LogP contribution in [0.15, 0.2) is 36.4 Å². The van der Waals surface area contributed by atoms with E-state index in [1.165, 1.54) is 4.88 Å². The van der Waals surface area contributed by atoms with Crippen molar-refractivity contribution < 1.29 is 9.59 Å². The number of para-hydroxylation sites is 1. The minimum atomic E-state index is -0.101. The van der Waals surface area contributed by atoms with Gasteiger partial charge in [0.1, 0.15) is 0 Å². The average Bonchev–Trinajstić information content (AvgIpc) is 3.10. The molecule has 146 valence electrons. The highest BCUT2D eigenvalue weighted by atomic mass is 32.1. The number of thiophene rings is 1. The number of nitrogens with zero attached hydrogens (tertiary/aromatic N) is 1. The molecule has 1 aromatic carbocycles. The zero-order valence-corrected chi connectivity index (χ0v) is 17.2. The smallest absolute Gasteiger partial charge is 0.238 e. The second kappa shape index (κ2) is 10.8. The van der Waals surface area contributed by atoms with Gasteiger partial charge in [0, 0.05) is 15.4 Å². The molecule has 0 saturated carbocycles. The number of rotatable bonds is 10. The summed E-state index contributed by atoms with van der Waals surface area (Å²) in [6.45, 7) is 7.80. The summed E-state index contributed by atoms with van der Waals surface area (Å²) < 4.78 is 0. The van der Waals surface area contributed by atoms with E-state index < -0.39 is 0 Å². The van der Waals surface area contributed by atoms with Crippen molar-refractivity contribution in [3.8, 4) is 0 Å². The van der Waals surface area contributed by atoms with Crippen molar-refractivity contribution in [2.45, 2.75) is 40.2 Å². The molecule has 1 heterocycles. The molecule has 0 radical (unpaired) electrons. The molecule has 0 aliphatic carbocycles.